The number of fused-ring (bicyclic) bond motifs is 5. The van der Waals surface area contributed by atoms with Crippen molar-refractivity contribution in [1.29, 1.82) is 10.5 Å². The highest BCUT2D eigenvalue weighted by Crippen LogP contribution is 2.55. The zero-order valence-corrected chi connectivity index (χ0v) is 16.1. The quantitative estimate of drug-likeness (QED) is 0.417. The molecule has 0 saturated carbocycles. The minimum atomic E-state index is -0.232. The fourth-order valence-electron chi connectivity index (χ4n) is 3.65. The van der Waals surface area contributed by atoms with Gasteiger partial charge < -0.3 is 14.2 Å². The van der Waals surface area contributed by atoms with Gasteiger partial charge in [0, 0.05) is 11.1 Å². The number of hydrogen-bond donors (Lipinski definition) is 0. The summed E-state index contributed by atoms with van der Waals surface area (Å²) in [4.78, 5) is 0. The molecule has 0 N–H and O–H groups in total. The number of nitrogens with zero attached hydrogens (tertiary/aromatic N) is 2. The van der Waals surface area contributed by atoms with Gasteiger partial charge in [-0.15, -0.1) is 0 Å². The van der Waals surface area contributed by atoms with Crippen molar-refractivity contribution in [3.63, 3.8) is 0 Å². The van der Waals surface area contributed by atoms with Crippen LogP contribution in [0.4, 0.5) is 0 Å². The summed E-state index contributed by atoms with van der Waals surface area (Å²) < 4.78 is 18.0. The van der Waals surface area contributed by atoms with Crippen molar-refractivity contribution in [2.45, 2.75) is 64.6 Å². The lowest BCUT2D eigenvalue weighted by molar-refractivity contribution is 0.0855. The summed E-state index contributed by atoms with van der Waals surface area (Å²) in [6.45, 7) is 5.32. The number of unbranched alkanes of at least 4 members (excludes halogenated alkanes) is 4. The van der Waals surface area contributed by atoms with Gasteiger partial charge in [0.25, 0.3) is 0 Å². The van der Waals surface area contributed by atoms with Gasteiger partial charge in [-0.05, 0) is 12.8 Å². The Bertz CT molecular complexity index is 736. The molecule has 2 unspecified atom stereocenters. The van der Waals surface area contributed by atoms with Crippen LogP contribution in [0, 0.1) is 22.7 Å². The Labute approximate surface area is 161 Å². The minimum absolute atomic E-state index is 0.232. The monoisotopic (exact) mass is 366 g/mol. The van der Waals surface area contributed by atoms with Gasteiger partial charge in [-0.2, -0.15) is 10.5 Å². The van der Waals surface area contributed by atoms with Crippen LogP contribution in [-0.2, 0) is 4.74 Å². The molecule has 3 rings (SSSR count). The Morgan fingerprint density at radius 1 is 0.815 bits per heavy atom. The molecular formula is C22H26N2O3. The summed E-state index contributed by atoms with van der Waals surface area (Å²) in [7, 11) is 0. The third-order valence-electron chi connectivity index (χ3n) is 5.02. The number of hydrogen-bond acceptors (Lipinski definition) is 5. The number of ether oxygens (including phenoxy) is 3. The molecule has 0 saturated heterocycles. The second-order valence-electron chi connectivity index (χ2n) is 6.93. The standard InChI is InChI=1S/C22H26N2O3/c1-3-5-7-11-25-21-15(13-23)16(14-24)22(26-12-8-6-4-2)20-18-10-9-17(27-18)19(20)21/h9-10,17-18H,3-8,11-12H2,1-2H3. The SMILES string of the molecule is CCCCCOc1c(C#N)c(C#N)c(OCCCCC)c2c1C1C=CC2O1. The van der Waals surface area contributed by atoms with Crippen LogP contribution >= 0.6 is 0 Å². The molecule has 27 heavy (non-hydrogen) atoms. The van der Waals surface area contributed by atoms with E-state index in [0.29, 0.717) is 24.7 Å². The average Bonchev–Trinajstić information content (AvgIpc) is 3.30. The van der Waals surface area contributed by atoms with Crippen LogP contribution in [-0.4, -0.2) is 13.2 Å². The minimum Gasteiger partial charge on any atom is -0.492 e. The van der Waals surface area contributed by atoms with Crippen LogP contribution < -0.4 is 9.47 Å². The van der Waals surface area contributed by atoms with Crippen molar-refractivity contribution in [3.05, 3.63) is 34.4 Å². The zero-order valence-electron chi connectivity index (χ0n) is 16.1. The molecule has 5 heteroatoms. The van der Waals surface area contributed by atoms with Gasteiger partial charge in [-0.25, -0.2) is 0 Å². The summed E-state index contributed by atoms with van der Waals surface area (Å²) >= 11 is 0. The molecule has 0 spiro atoms. The van der Waals surface area contributed by atoms with Crippen LogP contribution in [0.5, 0.6) is 11.5 Å². The van der Waals surface area contributed by atoms with Crippen molar-refractivity contribution < 1.29 is 14.2 Å². The third kappa shape index (κ3) is 3.66. The topological polar surface area (TPSA) is 75.3 Å². The van der Waals surface area contributed by atoms with Crippen LogP contribution in [0.1, 0.15) is 86.8 Å². The predicted molar refractivity (Wildman–Crippen MR) is 102 cm³/mol. The number of benzene rings is 1. The van der Waals surface area contributed by atoms with E-state index >= 15 is 0 Å². The summed E-state index contributed by atoms with van der Waals surface area (Å²) in [5.74, 6) is 0.996. The zero-order chi connectivity index (χ0) is 19.2. The molecule has 2 atom stereocenters. The highest BCUT2D eigenvalue weighted by atomic mass is 16.5. The summed E-state index contributed by atoms with van der Waals surface area (Å²) in [6, 6.07) is 4.36. The number of rotatable bonds is 10. The fourth-order valence-corrected chi connectivity index (χ4v) is 3.65. The highest BCUT2D eigenvalue weighted by Gasteiger charge is 2.42. The molecule has 5 nitrogen and oxygen atoms in total. The lowest BCUT2D eigenvalue weighted by Crippen LogP contribution is -2.11. The highest BCUT2D eigenvalue weighted by molar-refractivity contribution is 5.71. The average molecular weight is 366 g/mol. The first-order valence-corrected chi connectivity index (χ1v) is 9.90. The maximum Gasteiger partial charge on any atom is 0.145 e. The van der Waals surface area contributed by atoms with E-state index in [0.717, 1.165) is 49.7 Å². The van der Waals surface area contributed by atoms with E-state index in [9.17, 15) is 10.5 Å². The van der Waals surface area contributed by atoms with Crippen LogP contribution in [0.2, 0.25) is 0 Å². The Kier molecular flexibility index (Phi) is 6.37. The normalized spacial score (nSPS) is 18.8. The second-order valence-corrected chi connectivity index (χ2v) is 6.93. The molecule has 0 aromatic heterocycles. The lowest BCUT2D eigenvalue weighted by atomic mass is 9.89. The van der Waals surface area contributed by atoms with Gasteiger partial charge in [0.1, 0.15) is 47.0 Å². The Morgan fingerprint density at radius 2 is 1.26 bits per heavy atom. The van der Waals surface area contributed by atoms with Gasteiger partial charge >= 0.3 is 0 Å². The van der Waals surface area contributed by atoms with Gasteiger partial charge in [-0.1, -0.05) is 51.7 Å². The van der Waals surface area contributed by atoms with E-state index in [4.69, 9.17) is 14.2 Å². The Hall–Kier alpha value is -2.50. The first kappa shape index (κ1) is 19.3. The predicted octanol–water partition coefficient (Wildman–Crippen LogP) is 5.25. The second kappa shape index (κ2) is 8.93. The van der Waals surface area contributed by atoms with Crippen molar-refractivity contribution in [3.8, 4) is 23.6 Å². The number of nitriles is 2. The summed E-state index contributed by atoms with van der Waals surface area (Å²) in [5, 5.41) is 19.5. The molecule has 0 amide bonds. The molecule has 2 bridgehead atoms. The van der Waals surface area contributed by atoms with E-state index < -0.39 is 0 Å². The molecule has 2 aliphatic heterocycles. The molecule has 1 aromatic carbocycles. The molecule has 0 fully saturated rings. The van der Waals surface area contributed by atoms with E-state index in [1.54, 1.807) is 0 Å². The Balaban J connectivity index is 2.01. The van der Waals surface area contributed by atoms with Crippen molar-refractivity contribution >= 4 is 0 Å². The van der Waals surface area contributed by atoms with Crippen molar-refractivity contribution in [2.75, 3.05) is 13.2 Å². The van der Waals surface area contributed by atoms with Crippen molar-refractivity contribution in [1.82, 2.24) is 0 Å². The maximum atomic E-state index is 9.77. The maximum absolute atomic E-state index is 9.77. The van der Waals surface area contributed by atoms with E-state index in [-0.39, 0.29) is 23.3 Å². The molecule has 0 aliphatic carbocycles. The Morgan fingerprint density at radius 3 is 1.63 bits per heavy atom. The molecule has 2 aliphatic rings. The van der Waals surface area contributed by atoms with Crippen LogP contribution in [0.15, 0.2) is 12.2 Å². The van der Waals surface area contributed by atoms with E-state index in [1.807, 2.05) is 12.2 Å². The molecule has 1 aromatic rings. The third-order valence-corrected chi connectivity index (χ3v) is 5.02. The molecular weight excluding hydrogens is 340 g/mol. The van der Waals surface area contributed by atoms with Crippen LogP contribution in [0.25, 0.3) is 0 Å². The molecule has 142 valence electrons. The van der Waals surface area contributed by atoms with Gasteiger partial charge in [0.2, 0.25) is 0 Å². The first-order valence-electron chi connectivity index (χ1n) is 9.90. The largest absolute Gasteiger partial charge is 0.492 e. The molecule has 2 heterocycles. The van der Waals surface area contributed by atoms with Crippen molar-refractivity contribution in [2.24, 2.45) is 0 Å². The van der Waals surface area contributed by atoms with Gasteiger partial charge in [0.05, 0.1) is 13.2 Å². The molecule has 0 radical (unpaired) electrons. The smallest absolute Gasteiger partial charge is 0.145 e. The lowest BCUT2D eigenvalue weighted by Gasteiger charge is -2.21. The summed E-state index contributed by atoms with van der Waals surface area (Å²) in [6.07, 6.45) is 9.66. The summed E-state index contributed by atoms with van der Waals surface area (Å²) in [5.41, 5.74) is 2.26. The first-order chi connectivity index (χ1) is 13.3. The van der Waals surface area contributed by atoms with E-state index in [1.165, 1.54) is 0 Å². The van der Waals surface area contributed by atoms with E-state index in [2.05, 4.69) is 26.0 Å². The van der Waals surface area contributed by atoms with Crippen LogP contribution in [0.3, 0.4) is 0 Å². The fraction of sp³-hybridized carbons (Fsp3) is 0.545. The van der Waals surface area contributed by atoms with Gasteiger partial charge in [0.15, 0.2) is 0 Å². The van der Waals surface area contributed by atoms with Gasteiger partial charge in [-0.3, -0.25) is 0 Å².